The molecular formula is C7H8BrClO. The van der Waals surface area contributed by atoms with Gasteiger partial charge < -0.3 is 5.11 Å². The van der Waals surface area contributed by atoms with Gasteiger partial charge in [-0.05, 0) is 19.8 Å². The third-order valence-corrected chi connectivity index (χ3v) is 2.83. The molecular weight excluding hydrogens is 215 g/mol. The Morgan fingerprint density at radius 3 is 2.60 bits per heavy atom. The van der Waals surface area contributed by atoms with Crippen LogP contribution in [-0.4, -0.2) is 5.11 Å². The highest BCUT2D eigenvalue weighted by molar-refractivity contribution is 9.11. The van der Waals surface area contributed by atoms with Crippen LogP contribution in [-0.2, 0) is 0 Å². The van der Waals surface area contributed by atoms with Gasteiger partial charge in [-0.1, -0.05) is 27.5 Å². The molecule has 0 unspecified atom stereocenters. The van der Waals surface area contributed by atoms with E-state index in [1.165, 1.54) is 0 Å². The molecule has 1 aliphatic carbocycles. The van der Waals surface area contributed by atoms with Crippen molar-refractivity contribution in [3.8, 4) is 0 Å². The molecule has 0 saturated carbocycles. The van der Waals surface area contributed by atoms with E-state index in [1.807, 2.05) is 6.92 Å². The van der Waals surface area contributed by atoms with Gasteiger partial charge in [0.1, 0.15) is 5.76 Å². The van der Waals surface area contributed by atoms with E-state index in [9.17, 15) is 5.11 Å². The molecule has 1 aliphatic rings. The molecule has 10 heavy (non-hydrogen) atoms. The number of aliphatic hydroxyl groups is 1. The molecule has 3 heteroatoms. The molecule has 56 valence electrons. The first-order valence-electron chi connectivity index (χ1n) is 3.06. The highest BCUT2D eigenvalue weighted by Gasteiger charge is 2.14. The summed E-state index contributed by atoms with van der Waals surface area (Å²) in [6.07, 6.45) is 1.64. The Labute approximate surface area is 73.5 Å². The van der Waals surface area contributed by atoms with E-state index in [1.54, 1.807) is 0 Å². The zero-order valence-electron chi connectivity index (χ0n) is 5.62. The lowest BCUT2D eigenvalue weighted by Gasteiger charge is -2.13. The van der Waals surface area contributed by atoms with Crippen LogP contribution < -0.4 is 0 Å². The monoisotopic (exact) mass is 222 g/mol. The summed E-state index contributed by atoms with van der Waals surface area (Å²) in [6.45, 7) is 1.82. The summed E-state index contributed by atoms with van der Waals surface area (Å²) in [5.41, 5.74) is 0.791. The molecule has 0 bridgehead atoms. The number of aliphatic hydroxyl groups excluding tert-OH is 1. The second-order valence-electron chi connectivity index (χ2n) is 2.28. The number of allylic oxidation sites excluding steroid dienone is 3. The van der Waals surface area contributed by atoms with Crippen molar-refractivity contribution in [1.29, 1.82) is 0 Å². The Bertz CT molecular complexity index is 194. The van der Waals surface area contributed by atoms with Crippen molar-refractivity contribution in [3.63, 3.8) is 0 Å². The van der Waals surface area contributed by atoms with Gasteiger partial charge in [0.05, 0.1) is 0 Å². The lowest BCUT2D eigenvalue weighted by atomic mass is 10.1. The van der Waals surface area contributed by atoms with Gasteiger partial charge in [-0.25, -0.2) is 0 Å². The zero-order valence-corrected chi connectivity index (χ0v) is 7.96. The molecule has 1 rings (SSSR count). The lowest BCUT2D eigenvalue weighted by molar-refractivity contribution is 0.415. The Balaban J connectivity index is 3.01. The zero-order chi connectivity index (χ0) is 7.72. The average molecular weight is 223 g/mol. The average Bonchev–Trinajstić information content (AvgIpc) is 1.93. The molecule has 0 amide bonds. The van der Waals surface area contributed by atoms with E-state index in [0.717, 1.165) is 27.9 Å². The number of hydrogen-bond acceptors (Lipinski definition) is 1. The molecule has 0 aromatic carbocycles. The largest absolute Gasteiger partial charge is 0.507 e. The molecule has 0 spiro atoms. The Morgan fingerprint density at radius 1 is 1.50 bits per heavy atom. The highest BCUT2D eigenvalue weighted by Crippen LogP contribution is 2.33. The van der Waals surface area contributed by atoms with Gasteiger partial charge >= 0.3 is 0 Å². The van der Waals surface area contributed by atoms with E-state index in [4.69, 9.17) is 11.6 Å². The molecule has 0 fully saturated rings. The maximum Gasteiger partial charge on any atom is 0.129 e. The summed E-state index contributed by atoms with van der Waals surface area (Å²) in [5.74, 6) is 0.302. The molecule has 0 radical (unpaired) electrons. The third kappa shape index (κ3) is 1.38. The number of halogens is 2. The quantitative estimate of drug-likeness (QED) is 0.667. The predicted molar refractivity (Wildman–Crippen MR) is 46.4 cm³/mol. The Hall–Kier alpha value is 0.0500. The predicted octanol–water partition coefficient (Wildman–Crippen LogP) is 3.46. The molecule has 0 atom stereocenters. The van der Waals surface area contributed by atoms with E-state index in [-0.39, 0.29) is 0 Å². The van der Waals surface area contributed by atoms with Gasteiger partial charge in [0.2, 0.25) is 0 Å². The van der Waals surface area contributed by atoms with Crippen molar-refractivity contribution in [2.45, 2.75) is 19.8 Å². The van der Waals surface area contributed by atoms with Crippen LogP contribution in [0.5, 0.6) is 0 Å². The van der Waals surface area contributed by atoms with Gasteiger partial charge in [0.15, 0.2) is 0 Å². The fourth-order valence-corrected chi connectivity index (χ4v) is 1.54. The second-order valence-corrected chi connectivity index (χ2v) is 3.70. The van der Waals surface area contributed by atoms with Gasteiger partial charge in [-0.15, -0.1) is 0 Å². The van der Waals surface area contributed by atoms with Crippen LogP contribution >= 0.6 is 27.5 Å². The molecule has 1 N–H and O–H groups in total. The minimum absolute atomic E-state index is 0.302. The first kappa shape index (κ1) is 8.15. The smallest absolute Gasteiger partial charge is 0.129 e. The van der Waals surface area contributed by atoms with Gasteiger partial charge in [-0.2, -0.15) is 0 Å². The minimum atomic E-state index is 0.302. The van der Waals surface area contributed by atoms with E-state index in [2.05, 4.69) is 15.9 Å². The SMILES string of the molecule is CC1=C(Cl)CCC(Br)=C1O. The minimum Gasteiger partial charge on any atom is -0.507 e. The van der Waals surface area contributed by atoms with Gasteiger partial charge in [-0.3, -0.25) is 0 Å². The molecule has 0 saturated heterocycles. The van der Waals surface area contributed by atoms with Crippen LogP contribution in [0, 0.1) is 0 Å². The summed E-state index contributed by atoms with van der Waals surface area (Å²) in [4.78, 5) is 0. The molecule has 0 aromatic rings. The standard InChI is InChI=1S/C7H8BrClO/c1-4-6(9)3-2-5(8)7(4)10/h10H,2-3H2,1H3. The molecule has 0 aliphatic heterocycles. The van der Waals surface area contributed by atoms with Crippen molar-refractivity contribution < 1.29 is 5.11 Å². The fraction of sp³-hybridized carbons (Fsp3) is 0.429. The summed E-state index contributed by atoms with van der Waals surface area (Å²) >= 11 is 9.05. The van der Waals surface area contributed by atoms with Gasteiger partial charge in [0, 0.05) is 15.1 Å². The van der Waals surface area contributed by atoms with Crippen molar-refractivity contribution in [2.75, 3.05) is 0 Å². The summed E-state index contributed by atoms with van der Waals surface area (Å²) in [7, 11) is 0. The first-order chi connectivity index (χ1) is 4.63. The molecule has 0 aromatic heterocycles. The van der Waals surface area contributed by atoms with Crippen LogP contribution in [0.3, 0.4) is 0 Å². The summed E-state index contributed by atoms with van der Waals surface area (Å²) in [5, 5.41) is 10.1. The Morgan fingerprint density at radius 2 is 2.10 bits per heavy atom. The number of hydrogen-bond donors (Lipinski definition) is 1. The van der Waals surface area contributed by atoms with Crippen molar-refractivity contribution in [3.05, 3.63) is 20.8 Å². The van der Waals surface area contributed by atoms with Crippen molar-refractivity contribution >= 4 is 27.5 Å². The fourth-order valence-electron chi connectivity index (χ4n) is 0.857. The Kier molecular flexibility index (Phi) is 2.42. The van der Waals surface area contributed by atoms with Crippen LogP contribution in [0.1, 0.15) is 19.8 Å². The van der Waals surface area contributed by atoms with E-state index < -0.39 is 0 Å². The lowest BCUT2D eigenvalue weighted by Crippen LogP contribution is -1.97. The summed E-state index contributed by atoms with van der Waals surface area (Å²) in [6, 6.07) is 0. The van der Waals surface area contributed by atoms with Crippen molar-refractivity contribution in [2.24, 2.45) is 0 Å². The highest BCUT2D eigenvalue weighted by atomic mass is 79.9. The third-order valence-electron chi connectivity index (χ3n) is 1.58. The maximum atomic E-state index is 9.31. The second kappa shape index (κ2) is 2.97. The van der Waals surface area contributed by atoms with E-state index >= 15 is 0 Å². The van der Waals surface area contributed by atoms with Crippen LogP contribution in [0.25, 0.3) is 0 Å². The van der Waals surface area contributed by atoms with Crippen LogP contribution in [0.2, 0.25) is 0 Å². The molecule has 1 nitrogen and oxygen atoms in total. The first-order valence-corrected chi connectivity index (χ1v) is 4.23. The van der Waals surface area contributed by atoms with E-state index in [0.29, 0.717) is 5.76 Å². The topological polar surface area (TPSA) is 20.2 Å². The van der Waals surface area contributed by atoms with Gasteiger partial charge in [0.25, 0.3) is 0 Å². The number of rotatable bonds is 0. The normalized spacial score (nSPS) is 20.3. The van der Waals surface area contributed by atoms with Crippen LogP contribution in [0.15, 0.2) is 20.8 Å². The summed E-state index contributed by atoms with van der Waals surface area (Å²) < 4.78 is 0.856. The maximum absolute atomic E-state index is 9.31. The van der Waals surface area contributed by atoms with Crippen LogP contribution in [0.4, 0.5) is 0 Å². The van der Waals surface area contributed by atoms with Crippen molar-refractivity contribution in [1.82, 2.24) is 0 Å². The molecule has 0 heterocycles.